The van der Waals surface area contributed by atoms with Crippen LogP contribution in [0.2, 0.25) is 0 Å². The van der Waals surface area contributed by atoms with Crippen molar-refractivity contribution in [1.29, 1.82) is 0 Å². The van der Waals surface area contributed by atoms with Gasteiger partial charge in [0, 0.05) is 12.1 Å². The van der Waals surface area contributed by atoms with E-state index in [9.17, 15) is 10.1 Å². The van der Waals surface area contributed by atoms with Crippen molar-refractivity contribution in [3.8, 4) is 0 Å². The summed E-state index contributed by atoms with van der Waals surface area (Å²) in [5.41, 5.74) is 5.71. The van der Waals surface area contributed by atoms with Gasteiger partial charge in [-0.3, -0.25) is 10.1 Å². The minimum Gasteiger partial charge on any atom is -0.351 e. The number of nitrogens with two attached hydrogens (primary N) is 1. The third-order valence-corrected chi connectivity index (χ3v) is 2.95. The van der Waals surface area contributed by atoms with Gasteiger partial charge in [0.2, 0.25) is 5.95 Å². The van der Waals surface area contributed by atoms with Gasteiger partial charge in [-0.2, -0.15) is 0 Å². The normalized spacial score (nSPS) is 24.3. The first-order chi connectivity index (χ1) is 8.15. The molecule has 0 amide bonds. The van der Waals surface area contributed by atoms with Crippen molar-refractivity contribution in [2.24, 2.45) is 5.73 Å². The molecule has 1 heterocycles. The van der Waals surface area contributed by atoms with E-state index in [4.69, 9.17) is 5.73 Å². The summed E-state index contributed by atoms with van der Waals surface area (Å²) in [7, 11) is 0. The zero-order valence-corrected chi connectivity index (χ0v) is 9.37. The number of hydrogen-bond donors (Lipinski definition) is 2. The number of nitrogens with one attached hydrogen (secondary N) is 1. The first-order valence-corrected chi connectivity index (χ1v) is 5.63. The summed E-state index contributed by atoms with van der Waals surface area (Å²) in [6, 6.07) is 0.613. The van der Waals surface area contributed by atoms with Crippen molar-refractivity contribution >= 4 is 11.6 Å². The predicted molar refractivity (Wildman–Crippen MR) is 62.5 cm³/mol. The molecule has 1 fully saturated rings. The first kappa shape index (κ1) is 11.7. The van der Waals surface area contributed by atoms with E-state index in [-0.39, 0.29) is 5.69 Å². The van der Waals surface area contributed by atoms with Crippen LogP contribution in [0.15, 0.2) is 12.4 Å². The summed E-state index contributed by atoms with van der Waals surface area (Å²) in [5.74, 6) is 0.441. The molecule has 0 atom stereocenters. The highest BCUT2D eigenvalue weighted by Gasteiger charge is 2.19. The Bertz CT molecular complexity index is 386. The van der Waals surface area contributed by atoms with Gasteiger partial charge >= 0.3 is 5.69 Å². The lowest BCUT2D eigenvalue weighted by Gasteiger charge is -2.26. The Morgan fingerprint density at radius 1 is 1.29 bits per heavy atom. The average Bonchev–Trinajstić information content (AvgIpc) is 2.33. The van der Waals surface area contributed by atoms with Gasteiger partial charge in [-0.1, -0.05) is 0 Å². The lowest BCUT2D eigenvalue weighted by atomic mass is 9.92. The molecule has 1 aromatic heterocycles. The molecule has 92 valence electrons. The molecule has 0 bridgehead atoms. The molecule has 7 heteroatoms. The van der Waals surface area contributed by atoms with E-state index in [1.54, 1.807) is 0 Å². The van der Waals surface area contributed by atoms with E-state index in [0.29, 0.717) is 18.0 Å². The van der Waals surface area contributed by atoms with Crippen LogP contribution in [0.4, 0.5) is 11.6 Å². The Balaban J connectivity index is 1.92. The van der Waals surface area contributed by atoms with Crippen LogP contribution in [0, 0.1) is 10.1 Å². The second-order valence-corrected chi connectivity index (χ2v) is 4.28. The Labute approximate surface area is 98.6 Å². The average molecular weight is 237 g/mol. The third kappa shape index (κ3) is 3.10. The topological polar surface area (TPSA) is 107 Å². The van der Waals surface area contributed by atoms with Crippen LogP contribution in [0.25, 0.3) is 0 Å². The summed E-state index contributed by atoms with van der Waals surface area (Å²) in [6.07, 6.45) is 6.38. The van der Waals surface area contributed by atoms with Crippen LogP contribution in [-0.2, 0) is 0 Å². The van der Waals surface area contributed by atoms with E-state index in [1.165, 1.54) is 12.4 Å². The minimum absolute atomic E-state index is 0.0961. The number of aromatic nitrogens is 2. The minimum atomic E-state index is -0.511. The van der Waals surface area contributed by atoms with Crippen molar-refractivity contribution in [2.45, 2.75) is 37.8 Å². The zero-order chi connectivity index (χ0) is 12.3. The van der Waals surface area contributed by atoms with Gasteiger partial charge in [-0.15, -0.1) is 0 Å². The molecule has 0 saturated heterocycles. The SMILES string of the molecule is NC1CCC(Nc2ncc([N+](=O)[O-])cn2)CC1. The van der Waals surface area contributed by atoms with E-state index in [0.717, 1.165) is 25.7 Å². The van der Waals surface area contributed by atoms with Crippen molar-refractivity contribution in [3.05, 3.63) is 22.5 Å². The molecule has 17 heavy (non-hydrogen) atoms. The van der Waals surface area contributed by atoms with Crippen molar-refractivity contribution in [1.82, 2.24) is 9.97 Å². The van der Waals surface area contributed by atoms with Crippen molar-refractivity contribution in [3.63, 3.8) is 0 Å². The highest BCUT2D eigenvalue weighted by molar-refractivity contribution is 5.31. The molecule has 1 saturated carbocycles. The highest BCUT2D eigenvalue weighted by Crippen LogP contribution is 2.20. The predicted octanol–water partition coefficient (Wildman–Crippen LogP) is 1.07. The number of nitrogens with zero attached hydrogens (tertiary/aromatic N) is 3. The monoisotopic (exact) mass is 237 g/mol. The van der Waals surface area contributed by atoms with Gasteiger partial charge in [-0.05, 0) is 25.7 Å². The molecule has 0 aliphatic heterocycles. The summed E-state index contributed by atoms with van der Waals surface area (Å²) in [5, 5.41) is 13.6. The fraction of sp³-hybridized carbons (Fsp3) is 0.600. The number of hydrogen-bond acceptors (Lipinski definition) is 6. The van der Waals surface area contributed by atoms with Crippen LogP contribution >= 0.6 is 0 Å². The molecule has 7 nitrogen and oxygen atoms in total. The van der Waals surface area contributed by atoms with Gasteiger partial charge in [0.25, 0.3) is 0 Å². The summed E-state index contributed by atoms with van der Waals surface area (Å²) in [4.78, 5) is 17.8. The largest absolute Gasteiger partial charge is 0.351 e. The molecule has 1 aliphatic carbocycles. The lowest BCUT2D eigenvalue weighted by molar-refractivity contribution is -0.385. The molecule has 1 aliphatic rings. The number of nitro groups is 1. The van der Waals surface area contributed by atoms with Crippen LogP contribution in [0.3, 0.4) is 0 Å². The van der Waals surface area contributed by atoms with Crippen LogP contribution in [0.1, 0.15) is 25.7 Å². The second-order valence-electron chi connectivity index (χ2n) is 4.28. The maximum atomic E-state index is 10.4. The van der Waals surface area contributed by atoms with E-state index >= 15 is 0 Å². The fourth-order valence-corrected chi connectivity index (χ4v) is 1.94. The number of anilines is 1. The van der Waals surface area contributed by atoms with Crippen LogP contribution in [0.5, 0.6) is 0 Å². The molecule has 2 rings (SSSR count). The Morgan fingerprint density at radius 3 is 2.41 bits per heavy atom. The van der Waals surface area contributed by atoms with Gasteiger partial charge < -0.3 is 11.1 Å². The summed E-state index contributed by atoms with van der Waals surface area (Å²) >= 11 is 0. The Kier molecular flexibility index (Phi) is 3.48. The zero-order valence-electron chi connectivity index (χ0n) is 9.37. The smallest absolute Gasteiger partial charge is 0.305 e. The first-order valence-electron chi connectivity index (χ1n) is 5.63. The van der Waals surface area contributed by atoms with Crippen molar-refractivity contribution < 1.29 is 4.92 Å². The molecule has 3 N–H and O–H groups in total. The molecule has 0 aromatic carbocycles. The molecule has 0 spiro atoms. The number of rotatable bonds is 3. The summed E-state index contributed by atoms with van der Waals surface area (Å²) < 4.78 is 0. The fourth-order valence-electron chi connectivity index (χ4n) is 1.94. The molecule has 1 aromatic rings. The Hall–Kier alpha value is -1.76. The third-order valence-electron chi connectivity index (χ3n) is 2.95. The maximum absolute atomic E-state index is 10.4. The Morgan fingerprint density at radius 2 is 1.88 bits per heavy atom. The van der Waals surface area contributed by atoms with Crippen LogP contribution < -0.4 is 11.1 Å². The van der Waals surface area contributed by atoms with E-state index in [2.05, 4.69) is 15.3 Å². The van der Waals surface area contributed by atoms with Gasteiger partial charge in [0.1, 0.15) is 12.4 Å². The molecule has 0 unspecified atom stereocenters. The molecular formula is C10H15N5O2. The maximum Gasteiger partial charge on any atom is 0.305 e. The van der Waals surface area contributed by atoms with E-state index in [1.807, 2.05) is 0 Å². The molecule has 0 radical (unpaired) electrons. The quantitative estimate of drug-likeness (QED) is 0.601. The summed E-state index contributed by atoms with van der Waals surface area (Å²) in [6.45, 7) is 0. The van der Waals surface area contributed by atoms with Gasteiger partial charge in [-0.25, -0.2) is 9.97 Å². The van der Waals surface area contributed by atoms with Crippen molar-refractivity contribution in [2.75, 3.05) is 5.32 Å². The molecular weight excluding hydrogens is 222 g/mol. The standard InChI is InChI=1S/C10H15N5O2/c11-7-1-3-8(4-2-7)14-10-12-5-9(6-13-10)15(16)17/h5-8H,1-4,11H2,(H,12,13,14). The lowest BCUT2D eigenvalue weighted by Crippen LogP contribution is -2.33. The van der Waals surface area contributed by atoms with E-state index < -0.39 is 4.92 Å². The highest BCUT2D eigenvalue weighted by atomic mass is 16.6. The van der Waals surface area contributed by atoms with Gasteiger partial charge in [0.15, 0.2) is 0 Å². The van der Waals surface area contributed by atoms with Crippen LogP contribution in [-0.4, -0.2) is 27.0 Å². The second kappa shape index (κ2) is 5.05. The van der Waals surface area contributed by atoms with Gasteiger partial charge in [0.05, 0.1) is 4.92 Å².